The Hall–Kier alpha value is -3.01. The molecule has 0 aliphatic heterocycles. The van der Waals surface area contributed by atoms with E-state index in [2.05, 4.69) is 5.32 Å². The van der Waals surface area contributed by atoms with E-state index in [1.54, 1.807) is 0 Å². The number of phenols is 2. The van der Waals surface area contributed by atoms with Gasteiger partial charge in [-0.15, -0.1) is 0 Å². The van der Waals surface area contributed by atoms with Crippen LogP contribution >= 0.6 is 0 Å². The van der Waals surface area contributed by atoms with Crippen LogP contribution in [-0.2, 0) is 0 Å². The second kappa shape index (κ2) is 5.77. The Morgan fingerprint density at radius 1 is 0.864 bits per heavy atom. The van der Waals surface area contributed by atoms with Crippen LogP contribution in [0.4, 0.5) is 5.69 Å². The molecule has 0 fully saturated rings. The quantitative estimate of drug-likeness (QED) is 0.508. The van der Waals surface area contributed by atoms with Gasteiger partial charge in [-0.1, -0.05) is 30.3 Å². The van der Waals surface area contributed by atoms with E-state index in [9.17, 15) is 15.0 Å². The molecule has 0 bridgehead atoms. The fourth-order valence-electron chi connectivity index (χ4n) is 2.28. The maximum atomic E-state index is 12.1. The van der Waals surface area contributed by atoms with Crippen molar-refractivity contribution in [2.75, 3.05) is 11.9 Å². The van der Waals surface area contributed by atoms with E-state index in [1.165, 1.54) is 18.2 Å². The van der Waals surface area contributed by atoms with Gasteiger partial charge in [0.05, 0.1) is 6.54 Å². The lowest BCUT2D eigenvalue weighted by Gasteiger charge is -2.08. The van der Waals surface area contributed by atoms with Gasteiger partial charge in [-0.25, -0.2) is 0 Å². The molecule has 0 spiro atoms. The third kappa shape index (κ3) is 2.86. The summed E-state index contributed by atoms with van der Waals surface area (Å²) in [4.78, 5) is 12.1. The number of fused-ring (bicyclic) bond motifs is 1. The molecule has 3 N–H and O–H groups in total. The Kier molecular flexibility index (Phi) is 3.66. The number of ketones is 1. The Balaban J connectivity index is 1.72. The zero-order valence-electron chi connectivity index (χ0n) is 11.8. The lowest BCUT2D eigenvalue weighted by Crippen LogP contribution is -2.13. The summed E-state index contributed by atoms with van der Waals surface area (Å²) < 4.78 is 0. The minimum absolute atomic E-state index is 0.114. The SMILES string of the molecule is O=C(CNc1ccc2ccccc2c1)c1ccc(O)c(O)c1. The molecule has 3 aromatic carbocycles. The number of carbonyl (C=O) groups excluding carboxylic acids is 1. The summed E-state index contributed by atoms with van der Waals surface area (Å²) in [7, 11) is 0. The fraction of sp³-hybridized carbons (Fsp3) is 0.0556. The van der Waals surface area contributed by atoms with Gasteiger partial charge in [-0.3, -0.25) is 4.79 Å². The molecule has 0 saturated carbocycles. The molecule has 4 heteroatoms. The molecular weight excluding hydrogens is 278 g/mol. The standard InChI is InChI=1S/C18H15NO3/c20-16-8-6-14(10-17(16)21)18(22)11-19-15-7-5-12-3-1-2-4-13(12)9-15/h1-10,19-21H,11H2. The van der Waals surface area contributed by atoms with Crippen LogP contribution in [0, 0.1) is 0 Å². The highest BCUT2D eigenvalue weighted by atomic mass is 16.3. The van der Waals surface area contributed by atoms with Crippen molar-refractivity contribution in [2.45, 2.75) is 0 Å². The highest BCUT2D eigenvalue weighted by Crippen LogP contribution is 2.25. The van der Waals surface area contributed by atoms with Crippen LogP contribution in [0.2, 0.25) is 0 Å². The first kappa shape index (κ1) is 13.9. The number of Topliss-reactive ketones (excluding diaryl/α,β-unsaturated/α-hetero) is 1. The molecule has 4 nitrogen and oxygen atoms in total. The van der Waals surface area contributed by atoms with Crippen LogP contribution in [-0.4, -0.2) is 22.5 Å². The molecule has 0 aromatic heterocycles. The van der Waals surface area contributed by atoms with Gasteiger partial charge in [-0.05, 0) is 41.1 Å². The number of nitrogens with one attached hydrogen (secondary N) is 1. The van der Waals surface area contributed by atoms with Crippen molar-refractivity contribution in [3.8, 4) is 11.5 Å². The highest BCUT2D eigenvalue weighted by molar-refractivity contribution is 5.99. The number of anilines is 1. The number of hydrogen-bond acceptors (Lipinski definition) is 4. The van der Waals surface area contributed by atoms with E-state index in [0.29, 0.717) is 5.56 Å². The molecule has 0 aliphatic rings. The average Bonchev–Trinajstić information content (AvgIpc) is 2.55. The number of rotatable bonds is 4. The van der Waals surface area contributed by atoms with E-state index >= 15 is 0 Å². The van der Waals surface area contributed by atoms with E-state index in [-0.39, 0.29) is 23.8 Å². The topological polar surface area (TPSA) is 69.6 Å². The lowest BCUT2D eigenvalue weighted by atomic mass is 10.1. The molecule has 3 rings (SSSR count). The Labute approximate surface area is 127 Å². The highest BCUT2D eigenvalue weighted by Gasteiger charge is 2.09. The first-order valence-corrected chi connectivity index (χ1v) is 6.91. The summed E-state index contributed by atoms with van der Waals surface area (Å²) in [6, 6.07) is 17.9. The van der Waals surface area contributed by atoms with Crippen LogP contribution in [0.15, 0.2) is 60.7 Å². The van der Waals surface area contributed by atoms with Crippen molar-refractivity contribution < 1.29 is 15.0 Å². The zero-order chi connectivity index (χ0) is 15.5. The summed E-state index contributed by atoms with van der Waals surface area (Å²) in [5.74, 6) is -0.695. The molecule has 22 heavy (non-hydrogen) atoms. The predicted octanol–water partition coefficient (Wildman–Crippen LogP) is 3.55. The second-order valence-corrected chi connectivity index (χ2v) is 5.04. The molecule has 0 atom stereocenters. The first-order chi connectivity index (χ1) is 10.6. The monoisotopic (exact) mass is 293 g/mol. The summed E-state index contributed by atoms with van der Waals surface area (Å²) >= 11 is 0. The number of hydrogen-bond donors (Lipinski definition) is 3. The summed E-state index contributed by atoms with van der Waals surface area (Å²) in [6.45, 7) is 0.114. The Morgan fingerprint density at radius 2 is 1.64 bits per heavy atom. The molecule has 0 radical (unpaired) electrons. The van der Waals surface area contributed by atoms with Gasteiger partial charge in [0, 0.05) is 11.3 Å². The largest absolute Gasteiger partial charge is 0.504 e. The van der Waals surface area contributed by atoms with Gasteiger partial charge in [0.1, 0.15) is 0 Å². The zero-order valence-corrected chi connectivity index (χ0v) is 11.8. The van der Waals surface area contributed by atoms with Crippen molar-refractivity contribution in [3.05, 3.63) is 66.2 Å². The van der Waals surface area contributed by atoms with E-state index in [1.807, 2.05) is 42.5 Å². The predicted molar refractivity (Wildman–Crippen MR) is 86.5 cm³/mol. The molecule has 3 aromatic rings. The van der Waals surface area contributed by atoms with Gasteiger partial charge in [0.25, 0.3) is 0 Å². The molecule has 0 heterocycles. The number of aromatic hydroxyl groups is 2. The van der Waals surface area contributed by atoms with Gasteiger partial charge in [0.15, 0.2) is 17.3 Å². The maximum absolute atomic E-state index is 12.1. The van der Waals surface area contributed by atoms with Crippen LogP contribution in [0.1, 0.15) is 10.4 Å². The van der Waals surface area contributed by atoms with Crippen molar-refractivity contribution in [1.29, 1.82) is 0 Å². The van der Waals surface area contributed by atoms with Gasteiger partial charge in [0.2, 0.25) is 0 Å². The number of carbonyl (C=O) groups is 1. The molecule has 110 valence electrons. The van der Waals surface area contributed by atoms with Crippen molar-refractivity contribution >= 4 is 22.2 Å². The first-order valence-electron chi connectivity index (χ1n) is 6.91. The van der Waals surface area contributed by atoms with Crippen molar-refractivity contribution in [1.82, 2.24) is 0 Å². The minimum atomic E-state index is -0.295. The lowest BCUT2D eigenvalue weighted by molar-refractivity contribution is 0.101. The molecule has 0 amide bonds. The van der Waals surface area contributed by atoms with Crippen LogP contribution in [0.3, 0.4) is 0 Å². The molecular formula is C18H15NO3. The van der Waals surface area contributed by atoms with Gasteiger partial charge >= 0.3 is 0 Å². The third-order valence-electron chi connectivity index (χ3n) is 3.50. The fourth-order valence-corrected chi connectivity index (χ4v) is 2.28. The molecule has 0 aliphatic carbocycles. The Bertz CT molecular complexity index is 843. The summed E-state index contributed by atoms with van der Waals surface area (Å²) in [6.07, 6.45) is 0. The molecule has 0 unspecified atom stereocenters. The van der Waals surface area contributed by atoms with Crippen LogP contribution in [0.5, 0.6) is 11.5 Å². The maximum Gasteiger partial charge on any atom is 0.181 e. The molecule has 0 saturated heterocycles. The van der Waals surface area contributed by atoms with Crippen LogP contribution < -0.4 is 5.32 Å². The Morgan fingerprint density at radius 3 is 2.41 bits per heavy atom. The van der Waals surface area contributed by atoms with Crippen molar-refractivity contribution in [2.24, 2.45) is 0 Å². The van der Waals surface area contributed by atoms with Gasteiger partial charge in [-0.2, -0.15) is 0 Å². The smallest absolute Gasteiger partial charge is 0.181 e. The van der Waals surface area contributed by atoms with E-state index in [0.717, 1.165) is 16.5 Å². The van der Waals surface area contributed by atoms with Crippen LogP contribution in [0.25, 0.3) is 10.8 Å². The number of benzene rings is 3. The number of phenolic OH excluding ortho intramolecular Hbond substituents is 2. The average molecular weight is 293 g/mol. The van der Waals surface area contributed by atoms with Crippen molar-refractivity contribution in [3.63, 3.8) is 0 Å². The minimum Gasteiger partial charge on any atom is -0.504 e. The normalized spacial score (nSPS) is 10.5. The summed E-state index contributed by atoms with van der Waals surface area (Å²) in [5.41, 5.74) is 1.21. The summed E-state index contributed by atoms with van der Waals surface area (Å²) in [5, 5.41) is 24.0. The van der Waals surface area contributed by atoms with E-state index < -0.39 is 0 Å². The van der Waals surface area contributed by atoms with E-state index in [4.69, 9.17) is 0 Å². The van der Waals surface area contributed by atoms with Gasteiger partial charge < -0.3 is 15.5 Å². The third-order valence-corrected chi connectivity index (χ3v) is 3.50. The second-order valence-electron chi connectivity index (χ2n) is 5.04.